The third-order valence-electron chi connectivity index (χ3n) is 4.83. The van der Waals surface area contributed by atoms with Crippen molar-refractivity contribution < 1.29 is 35.9 Å². The lowest BCUT2D eigenvalue weighted by Gasteiger charge is -2.15. The second-order valence-corrected chi connectivity index (χ2v) is 7.07. The zero-order valence-electron chi connectivity index (χ0n) is 17.6. The van der Waals surface area contributed by atoms with E-state index in [1.165, 1.54) is 25.1 Å². The Morgan fingerprint density at radius 2 is 1.69 bits per heavy atom. The SMILES string of the molecule is CCOC(=O)c1nn(-c2ccc(C(F)(F)F)cc2)c2cccc(-n3cc(C(F)(F)F)nn3)c2c1=O. The van der Waals surface area contributed by atoms with Crippen LogP contribution in [0.3, 0.4) is 0 Å². The predicted octanol–water partition coefficient (Wildman–Crippen LogP) is 4.18. The van der Waals surface area contributed by atoms with Crippen LogP contribution in [0.1, 0.15) is 28.7 Å². The third kappa shape index (κ3) is 4.46. The van der Waals surface area contributed by atoms with E-state index in [0.29, 0.717) is 10.9 Å². The van der Waals surface area contributed by atoms with Crippen molar-refractivity contribution in [3.8, 4) is 11.4 Å². The molecule has 8 nitrogen and oxygen atoms in total. The average Bonchev–Trinajstić information content (AvgIpc) is 3.29. The van der Waals surface area contributed by atoms with Gasteiger partial charge in [-0.3, -0.25) is 4.79 Å². The number of alkyl halides is 6. The Morgan fingerprint density at radius 1 is 1.00 bits per heavy atom. The van der Waals surface area contributed by atoms with Crippen LogP contribution in [-0.4, -0.2) is 37.4 Å². The zero-order chi connectivity index (χ0) is 25.5. The van der Waals surface area contributed by atoms with Gasteiger partial charge in [-0.2, -0.15) is 31.4 Å². The first-order chi connectivity index (χ1) is 16.4. The van der Waals surface area contributed by atoms with Crippen LogP contribution in [0, 0.1) is 0 Å². The fraction of sp³-hybridized carbons (Fsp3) is 0.190. The van der Waals surface area contributed by atoms with Gasteiger partial charge >= 0.3 is 18.3 Å². The molecule has 0 aliphatic heterocycles. The predicted molar refractivity (Wildman–Crippen MR) is 108 cm³/mol. The standard InChI is InChI=1S/C21H13F6N5O3/c1-2-35-19(34)17-18(33)16-13(31-10-15(28-30-31)21(25,26)27)4-3-5-14(16)32(29-17)12-8-6-11(7-9-12)20(22,23)24/h3-10H,2H2,1H3. The molecule has 0 atom stereocenters. The number of carbonyl (C=O) groups excluding carboxylic acids is 1. The van der Waals surface area contributed by atoms with Gasteiger partial charge in [-0.15, -0.1) is 5.10 Å². The molecule has 182 valence electrons. The Balaban J connectivity index is 2.01. The topological polar surface area (TPSA) is 91.9 Å². The molecule has 0 radical (unpaired) electrons. The van der Waals surface area contributed by atoms with E-state index >= 15 is 0 Å². The molecule has 0 saturated carbocycles. The molecule has 35 heavy (non-hydrogen) atoms. The van der Waals surface area contributed by atoms with E-state index in [1.54, 1.807) is 0 Å². The smallest absolute Gasteiger partial charge is 0.436 e. The van der Waals surface area contributed by atoms with Crippen molar-refractivity contribution >= 4 is 16.9 Å². The van der Waals surface area contributed by atoms with Crippen molar-refractivity contribution in [2.24, 2.45) is 0 Å². The largest absolute Gasteiger partial charge is 0.461 e. The molecule has 0 amide bonds. The lowest BCUT2D eigenvalue weighted by Crippen LogP contribution is -2.25. The van der Waals surface area contributed by atoms with Crippen molar-refractivity contribution in [3.05, 3.63) is 75.8 Å². The molecule has 2 aromatic heterocycles. The first-order valence-corrected chi connectivity index (χ1v) is 9.82. The second kappa shape index (κ2) is 8.52. The highest BCUT2D eigenvalue weighted by Crippen LogP contribution is 2.31. The lowest BCUT2D eigenvalue weighted by molar-refractivity contribution is -0.141. The number of benzene rings is 2. The van der Waals surface area contributed by atoms with Gasteiger partial charge in [-0.1, -0.05) is 11.3 Å². The summed E-state index contributed by atoms with van der Waals surface area (Å²) < 4.78 is 84.7. The maximum atomic E-state index is 13.2. The highest BCUT2D eigenvalue weighted by molar-refractivity contribution is 5.95. The minimum absolute atomic E-state index is 0.00985. The molecule has 14 heteroatoms. The minimum Gasteiger partial charge on any atom is -0.461 e. The summed E-state index contributed by atoms with van der Waals surface area (Å²) in [5.41, 5.74) is -4.09. The Kier molecular flexibility index (Phi) is 5.82. The van der Waals surface area contributed by atoms with Gasteiger partial charge in [0.15, 0.2) is 5.69 Å². The van der Waals surface area contributed by atoms with E-state index in [0.717, 1.165) is 28.9 Å². The number of halogens is 6. The molecule has 0 N–H and O–H groups in total. The number of aromatic nitrogens is 5. The van der Waals surface area contributed by atoms with E-state index in [9.17, 15) is 35.9 Å². The van der Waals surface area contributed by atoms with Gasteiger partial charge in [0.1, 0.15) is 0 Å². The number of nitrogens with zero attached hydrogens (tertiary/aromatic N) is 5. The van der Waals surface area contributed by atoms with Crippen LogP contribution < -0.4 is 5.43 Å². The summed E-state index contributed by atoms with van der Waals surface area (Å²) >= 11 is 0. The van der Waals surface area contributed by atoms with Gasteiger partial charge in [0, 0.05) is 0 Å². The highest BCUT2D eigenvalue weighted by Gasteiger charge is 2.35. The van der Waals surface area contributed by atoms with Crippen LogP contribution in [0.4, 0.5) is 26.3 Å². The van der Waals surface area contributed by atoms with E-state index < -0.39 is 40.7 Å². The van der Waals surface area contributed by atoms with Gasteiger partial charge < -0.3 is 4.74 Å². The molecule has 0 fully saturated rings. The number of rotatable bonds is 4. The van der Waals surface area contributed by atoms with E-state index in [2.05, 4.69) is 15.4 Å². The molecule has 2 heterocycles. The normalized spacial score (nSPS) is 12.2. The molecule has 0 aliphatic carbocycles. The molecule has 0 bridgehead atoms. The Hall–Kier alpha value is -4.23. The maximum Gasteiger partial charge on any atom is 0.436 e. The number of ether oxygens (including phenoxy) is 1. The van der Waals surface area contributed by atoms with Gasteiger partial charge in [-0.25, -0.2) is 14.2 Å². The molecule has 0 unspecified atom stereocenters. The molecule has 2 aromatic carbocycles. The van der Waals surface area contributed by atoms with Crippen LogP contribution in [0.15, 0.2) is 53.5 Å². The Bertz CT molecular complexity index is 1470. The Labute approximate surface area is 191 Å². The molecule has 0 saturated heterocycles. The summed E-state index contributed by atoms with van der Waals surface area (Å²) in [5.74, 6) is -1.12. The van der Waals surface area contributed by atoms with Crippen molar-refractivity contribution in [2.45, 2.75) is 19.3 Å². The minimum atomic E-state index is -4.80. The summed E-state index contributed by atoms with van der Waals surface area (Å²) in [6, 6.07) is 7.70. The monoisotopic (exact) mass is 497 g/mol. The number of esters is 1. The van der Waals surface area contributed by atoms with Crippen LogP contribution in [0.5, 0.6) is 0 Å². The van der Waals surface area contributed by atoms with Gasteiger partial charge in [0.25, 0.3) is 0 Å². The fourth-order valence-electron chi connectivity index (χ4n) is 3.28. The Morgan fingerprint density at radius 3 is 2.26 bits per heavy atom. The van der Waals surface area contributed by atoms with Crippen LogP contribution >= 0.6 is 0 Å². The first kappa shape index (κ1) is 23.9. The molecular formula is C21H13F6N5O3. The molecule has 0 spiro atoms. The van der Waals surface area contributed by atoms with E-state index in [4.69, 9.17) is 4.74 Å². The van der Waals surface area contributed by atoms with Gasteiger partial charge in [0.05, 0.1) is 40.6 Å². The van der Waals surface area contributed by atoms with E-state index in [-0.39, 0.29) is 28.9 Å². The summed E-state index contributed by atoms with van der Waals surface area (Å²) in [4.78, 5) is 25.6. The molecule has 0 aliphatic rings. The van der Waals surface area contributed by atoms with Crippen LogP contribution in [-0.2, 0) is 17.1 Å². The summed E-state index contributed by atoms with van der Waals surface area (Å²) in [7, 11) is 0. The maximum absolute atomic E-state index is 13.2. The molecular weight excluding hydrogens is 484 g/mol. The van der Waals surface area contributed by atoms with Crippen LogP contribution in [0.2, 0.25) is 0 Å². The van der Waals surface area contributed by atoms with Crippen molar-refractivity contribution in [1.82, 2.24) is 24.8 Å². The number of hydrogen-bond acceptors (Lipinski definition) is 6. The second-order valence-electron chi connectivity index (χ2n) is 7.07. The summed E-state index contributed by atoms with van der Waals surface area (Å²) in [6.45, 7) is 1.37. The first-order valence-electron chi connectivity index (χ1n) is 9.82. The summed E-state index contributed by atoms with van der Waals surface area (Å²) in [6.07, 6.45) is -8.85. The van der Waals surface area contributed by atoms with Gasteiger partial charge in [0.2, 0.25) is 11.1 Å². The lowest BCUT2D eigenvalue weighted by atomic mass is 10.1. The third-order valence-corrected chi connectivity index (χ3v) is 4.83. The number of hydrogen-bond donors (Lipinski definition) is 0. The van der Waals surface area contributed by atoms with Crippen molar-refractivity contribution in [2.75, 3.05) is 6.61 Å². The zero-order valence-corrected chi connectivity index (χ0v) is 17.6. The van der Waals surface area contributed by atoms with Gasteiger partial charge in [-0.05, 0) is 43.3 Å². The average molecular weight is 497 g/mol. The number of carbonyl (C=O) groups is 1. The highest BCUT2D eigenvalue weighted by atomic mass is 19.4. The molecule has 4 rings (SSSR count). The number of fused-ring (bicyclic) bond motifs is 1. The quantitative estimate of drug-likeness (QED) is 0.310. The fourth-order valence-corrected chi connectivity index (χ4v) is 3.28. The van der Waals surface area contributed by atoms with Crippen molar-refractivity contribution in [1.29, 1.82) is 0 Å². The van der Waals surface area contributed by atoms with Crippen molar-refractivity contribution in [3.63, 3.8) is 0 Å². The van der Waals surface area contributed by atoms with Crippen LogP contribution in [0.25, 0.3) is 22.3 Å². The molecule has 4 aromatic rings. The summed E-state index contributed by atoms with van der Waals surface area (Å²) in [5, 5.41) is 10.2. The van der Waals surface area contributed by atoms with E-state index in [1.807, 2.05) is 0 Å².